The molecule has 0 aliphatic carbocycles. The summed E-state index contributed by atoms with van der Waals surface area (Å²) in [4.78, 5) is 19.5. The van der Waals surface area contributed by atoms with Crippen molar-refractivity contribution in [2.75, 3.05) is 7.05 Å². The van der Waals surface area contributed by atoms with Crippen LogP contribution in [0.3, 0.4) is 0 Å². The first-order valence-electron chi connectivity index (χ1n) is 10.5. The summed E-state index contributed by atoms with van der Waals surface area (Å²) in [5.74, 6) is -0.235. The monoisotopic (exact) mass is 451 g/mol. The van der Waals surface area contributed by atoms with Crippen LogP contribution in [0.4, 0.5) is 0 Å². The summed E-state index contributed by atoms with van der Waals surface area (Å²) in [6.07, 6.45) is 3.42. The minimum Gasteiger partial charge on any atom is -0.330 e. The normalized spacial score (nSPS) is 11.7. The summed E-state index contributed by atoms with van der Waals surface area (Å²) in [5, 5.41) is 0. The van der Waals surface area contributed by atoms with Gasteiger partial charge in [0.25, 0.3) is 5.91 Å². The summed E-state index contributed by atoms with van der Waals surface area (Å²) in [6, 6.07) is 17.7. The number of hydrogen-bond donors (Lipinski definition) is 0. The first-order chi connectivity index (χ1) is 15.2. The van der Waals surface area contributed by atoms with Crippen LogP contribution >= 0.6 is 0 Å². The zero-order valence-electron chi connectivity index (χ0n) is 18.9. The van der Waals surface area contributed by atoms with Crippen molar-refractivity contribution in [2.24, 2.45) is 0 Å². The molecule has 0 saturated heterocycles. The van der Waals surface area contributed by atoms with Gasteiger partial charge in [0.1, 0.15) is 0 Å². The van der Waals surface area contributed by atoms with Gasteiger partial charge in [-0.25, -0.2) is 8.42 Å². The number of pyridine rings is 1. The van der Waals surface area contributed by atoms with E-state index in [1.165, 1.54) is 16.4 Å². The number of aromatic nitrogens is 1. The number of amides is 1. The molecule has 7 heteroatoms. The van der Waals surface area contributed by atoms with Crippen LogP contribution in [0, 0.1) is 6.92 Å². The fourth-order valence-electron chi connectivity index (χ4n) is 3.32. The van der Waals surface area contributed by atoms with Crippen molar-refractivity contribution in [3.63, 3.8) is 0 Å². The topological polar surface area (TPSA) is 70.6 Å². The number of nitrogens with zero attached hydrogens (tertiary/aromatic N) is 3. The fraction of sp³-hybridized carbons (Fsp3) is 0.280. The minimum absolute atomic E-state index is 0.108. The third-order valence-electron chi connectivity index (χ3n) is 5.49. The zero-order valence-corrected chi connectivity index (χ0v) is 19.7. The zero-order chi connectivity index (χ0) is 23.3. The molecule has 1 amide bonds. The molecule has 0 unspecified atom stereocenters. The molecule has 0 fully saturated rings. The Morgan fingerprint density at radius 1 is 1.00 bits per heavy atom. The van der Waals surface area contributed by atoms with Crippen molar-refractivity contribution in [3.8, 4) is 0 Å². The summed E-state index contributed by atoms with van der Waals surface area (Å²) >= 11 is 0. The average Bonchev–Trinajstić information content (AvgIpc) is 2.79. The highest BCUT2D eigenvalue weighted by molar-refractivity contribution is 7.89. The molecule has 0 bridgehead atoms. The van der Waals surface area contributed by atoms with Gasteiger partial charge in [0, 0.05) is 44.1 Å². The Hall–Kier alpha value is -3.03. The highest BCUT2D eigenvalue weighted by Crippen LogP contribution is 2.21. The van der Waals surface area contributed by atoms with E-state index in [2.05, 4.69) is 4.98 Å². The van der Waals surface area contributed by atoms with Gasteiger partial charge in [-0.2, -0.15) is 4.31 Å². The standard InChI is InChI=1S/C25H29N3O3S/c1-19(2)27(4)32(30,31)24-13-7-12-22(15-24)25(29)28(17-21-10-8-14-26-16-21)18-23-11-6-5-9-20(23)3/h5-16,19H,17-18H2,1-4H3. The second kappa shape index (κ2) is 10.1. The van der Waals surface area contributed by atoms with E-state index in [1.807, 2.05) is 57.2 Å². The van der Waals surface area contributed by atoms with E-state index < -0.39 is 10.0 Å². The van der Waals surface area contributed by atoms with Crippen LogP contribution in [0.2, 0.25) is 0 Å². The van der Waals surface area contributed by atoms with Gasteiger partial charge < -0.3 is 4.90 Å². The van der Waals surface area contributed by atoms with Crippen molar-refractivity contribution >= 4 is 15.9 Å². The Kier molecular flexibility index (Phi) is 7.43. The number of carbonyl (C=O) groups excluding carboxylic acids is 1. The highest BCUT2D eigenvalue weighted by atomic mass is 32.2. The number of carbonyl (C=O) groups is 1. The van der Waals surface area contributed by atoms with E-state index in [1.54, 1.807) is 36.5 Å². The molecule has 3 aromatic rings. The lowest BCUT2D eigenvalue weighted by Crippen LogP contribution is -2.33. The van der Waals surface area contributed by atoms with Crippen LogP contribution in [0.15, 0.2) is 78.0 Å². The molecule has 0 spiro atoms. The van der Waals surface area contributed by atoms with Gasteiger partial charge >= 0.3 is 0 Å². The van der Waals surface area contributed by atoms with Crippen molar-refractivity contribution in [3.05, 3.63) is 95.3 Å². The third-order valence-corrected chi connectivity index (χ3v) is 7.52. The maximum absolute atomic E-state index is 13.5. The summed E-state index contributed by atoms with van der Waals surface area (Å²) in [6.45, 7) is 6.40. The molecule has 0 atom stereocenters. The average molecular weight is 452 g/mol. The molecule has 0 saturated carbocycles. The molecule has 0 aliphatic heterocycles. The quantitative estimate of drug-likeness (QED) is 0.513. The maximum Gasteiger partial charge on any atom is 0.254 e. The second-order valence-corrected chi connectivity index (χ2v) is 10.1. The maximum atomic E-state index is 13.5. The van der Waals surface area contributed by atoms with Crippen LogP contribution in [-0.2, 0) is 23.1 Å². The number of rotatable bonds is 8. The molecule has 168 valence electrons. The van der Waals surface area contributed by atoms with Crippen LogP contribution in [0.25, 0.3) is 0 Å². The van der Waals surface area contributed by atoms with Gasteiger partial charge in [0.2, 0.25) is 10.0 Å². The second-order valence-electron chi connectivity index (χ2n) is 8.09. The van der Waals surface area contributed by atoms with Gasteiger partial charge in [0.05, 0.1) is 4.90 Å². The molecule has 1 heterocycles. The van der Waals surface area contributed by atoms with E-state index in [4.69, 9.17) is 0 Å². The lowest BCUT2D eigenvalue weighted by molar-refractivity contribution is 0.0729. The van der Waals surface area contributed by atoms with Gasteiger partial charge in [-0.1, -0.05) is 36.4 Å². The van der Waals surface area contributed by atoms with Crippen LogP contribution in [0.1, 0.15) is 40.9 Å². The predicted octanol–water partition coefficient (Wildman–Crippen LogP) is 4.26. The SMILES string of the molecule is Cc1ccccc1CN(Cc1cccnc1)C(=O)c1cccc(S(=O)(=O)N(C)C(C)C)c1. The van der Waals surface area contributed by atoms with Crippen LogP contribution in [-0.4, -0.2) is 41.6 Å². The molecule has 3 rings (SSSR count). The van der Waals surface area contributed by atoms with Crippen molar-refractivity contribution in [1.29, 1.82) is 0 Å². The Bertz CT molecular complexity index is 1180. The summed E-state index contributed by atoms with van der Waals surface area (Å²) in [5.41, 5.74) is 3.36. The number of sulfonamides is 1. The molecule has 0 radical (unpaired) electrons. The molecule has 0 N–H and O–H groups in total. The van der Waals surface area contributed by atoms with Crippen molar-refractivity contribution < 1.29 is 13.2 Å². The van der Waals surface area contributed by atoms with E-state index in [-0.39, 0.29) is 16.8 Å². The first-order valence-corrected chi connectivity index (χ1v) is 11.9. The molecule has 2 aromatic carbocycles. The largest absolute Gasteiger partial charge is 0.330 e. The van der Waals surface area contributed by atoms with E-state index in [0.29, 0.717) is 18.7 Å². The van der Waals surface area contributed by atoms with Gasteiger partial charge in [-0.3, -0.25) is 9.78 Å². The Labute approximate surface area is 190 Å². The first kappa shape index (κ1) is 23.6. The van der Waals surface area contributed by atoms with E-state index >= 15 is 0 Å². The lowest BCUT2D eigenvalue weighted by Gasteiger charge is -2.25. The van der Waals surface area contributed by atoms with Crippen LogP contribution < -0.4 is 0 Å². The smallest absolute Gasteiger partial charge is 0.254 e. The summed E-state index contributed by atoms with van der Waals surface area (Å²) < 4.78 is 27.2. The lowest BCUT2D eigenvalue weighted by atomic mass is 10.1. The highest BCUT2D eigenvalue weighted by Gasteiger charge is 2.25. The van der Waals surface area contributed by atoms with Crippen molar-refractivity contribution in [1.82, 2.24) is 14.2 Å². The van der Waals surface area contributed by atoms with Crippen molar-refractivity contribution in [2.45, 2.75) is 44.8 Å². The third kappa shape index (κ3) is 5.41. The van der Waals surface area contributed by atoms with Gasteiger partial charge in [0.15, 0.2) is 0 Å². The molecular weight excluding hydrogens is 422 g/mol. The fourth-order valence-corrected chi connectivity index (χ4v) is 4.73. The number of hydrogen-bond acceptors (Lipinski definition) is 4. The Morgan fingerprint density at radius 2 is 1.75 bits per heavy atom. The predicted molar refractivity (Wildman–Crippen MR) is 126 cm³/mol. The van der Waals surface area contributed by atoms with Gasteiger partial charge in [-0.15, -0.1) is 0 Å². The van der Waals surface area contributed by atoms with Crippen LogP contribution in [0.5, 0.6) is 0 Å². The Morgan fingerprint density at radius 3 is 2.41 bits per heavy atom. The summed E-state index contributed by atoms with van der Waals surface area (Å²) in [7, 11) is -2.15. The molecule has 32 heavy (non-hydrogen) atoms. The molecule has 0 aliphatic rings. The minimum atomic E-state index is -3.69. The molecule has 6 nitrogen and oxygen atoms in total. The molecule has 1 aromatic heterocycles. The number of aryl methyl sites for hydroxylation is 1. The molecular formula is C25H29N3O3S. The number of benzene rings is 2. The van der Waals surface area contributed by atoms with Gasteiger partial charge in [-0.05, 0) is 61.7 Å². The Balaban J connectivity index is 1.96. The van der Waals surface area contributed by atoms with E-state index in [0.717, 1.165) is 16.7 Å². The van der Waals surface area contributed by atoms with E-state index in [9.17, 15) is 13.2 Å².